The first-order valence-electron chi connectivity index (χ1n) is 7.89. The Kier molecular flexibility index (Phi) is 3.78. The van der Waals surface area contributed by atoms with Crippen molar-refractivity contribution in [3.63, 3.8) is 0 Å². The molecule has 1 saturated carbocycles. The molecule has 0 radical (unpaired) electrons. The monoisotopic (exact) mass is 317 g/mol. The van der Waals surface area contributed by atoms with Gasteiger partial charge < -0.3 is 5.32 Å². The van der Waals surface area contributed by atoms with Crippen molar-refractivity contribution in [2.75, 3.05) is 0 Å². The van der Waals surface area contributed by atoms with Gasteiger partial charge in [-0.1, -0.05) is 23.7 Å². The number of hydrogen-bond acceptors (Lipinski definition) is 2. The van der Waals surface area contributed by atoms with Crippen LogP contribution in [0.15, 0.2) is 30.3 Å². The molecule has 0 aliphatic heterocycles. The Morgan fingerprint density at radius 2 is 2.00 bits per heavy atom. The smallest absolute Gasteiger partial charge is 0.0406 e. The van der Waals surface area contributed by atoms with Crippen LogP contribution in [0.1, 0.15) is 46.2 Å². The number of aryl methyl sites for hydroxylation is 2. The van der Waals surface area contributed by atoms with Crippen LogP contribution in [0.2, 0.25) is 5.02 Å². The van der Waals surface area contributed by atoms with Crippen LogP contribution >= 0.6 is 22.9 Å². The minimum Gasteiger partial charge on any atom is -0.305 e. The highest BCUT2D eigenvalue weighted by Crippen LogP contribution is 2.41. The molecule has 0 amide bonds. The fraction of sp³-hybridized carbons (Fsp3) is 0.444. The second-order valence-corrected chi connectivity index (χ2v) is 7.92. The van der Waals surface area contributed by atoms with Crippen molar-refractivity contribution in [3.8, 4) is 0 Å². The van der Waals surface area contributed by atoms with Gasteiger partial charge in [0, 0.05) is 27.4 Å². The largest absolute Gasteiger partial charge is 0.305 e. The molecule has 1 N–H and O–H groups in total. The number of thiophene rings is 1. The second-order valence-electron chi connectivity index (χ2n) is 6.26. The molecule has 1 atom stereocenters. The molecule has 1 aromatic carbocycles. The van der Waals surface area contributed by atoms with Crippen molar-refractivity contribution in [3.05, 3.63) is 56.2 Å². The van der Waals surface area contributed by atoms with Crippen LogP contribution in [-0.4, -0.2) is 0 Å². The van der Waals surface area contributed by atoms with Gasteiger partial charge in [0.1, 0.15) is 0 Å². The molecule has 0 bridgehead atoms. The van der Waals surface area contributed by atoms with Crippen LogP contribution in [-0.2, 0) is 19.4 Å². The lowest BCUT2D eigenvalue weighted by Crippen LogP contribution is -2.22. The Morgan fingerprint density at radius 3 is 2.71 bits per heavy atom. The van der Waals surface area contributed by atoms with E-state index in [1.54, 1.807) is 10.4 Å². The van der Waals surface area contributed by atoms with Crippen molar-refractivity contribution in [2.24, 2.45) is 5.92 Å². The molecular weight excluding hydrogens is 298 g/mol. The van der Waals surface area contributed by atoms with Crippen LogP contribution in [0.3, 0.4) is 0 Å². The molecule has 110 valence electrons. The first kappa shape index (κ1) is 13.8. The number of halogens is 1. The van der Waals surface area contributed by atoms with Crippen LogP contribution in [0, 0.1) is 5.92 Å². The number of nitrogens with one attached hydrogen (secondary N) is 1. The summed E-state index contributed by atoms with van der Waals surface area (Å²) in [5.41, 5.74) is 2.98. The van der Waals surface area contributed by atoms with Gasteiger partial charge in [-0.15, -0.1) is 11.3 Å². The number of hydrogen-bond donors (Lipinski definition) is 1. The lowest BCUT2D eigenvalue weighted by atomic mass is 10.0. The van der Waals surface area contributed by atoms with Gasteiger partial charge in [0.2, 0.25) is 0 Å². The average molecular weight is 318 g/mol. The molecule has 0 spiro atoms. The van der Waals surface area contributed by atoms with E-state index in [2.05, 4.69) is 23.5 Å². The normalized spacial score (nSPS) is 18.7. The molecule has 1 fully saturated rings. The summed E-state index contributed by atoms with van der Waals surface area (Å²) in [5, 5.41) is 4.61. The molecule has 1 heterocycles. The first-order chi connectivity index (χ1) is 10.3. The third-order valence-electron chi connectivity index (χ3n) is 4.62. The third kappa shape index (κ3) is 3.03. The minimum atomic E-state index is 0.485. The average Bonchev–Trinajstić information content (AvgIpc) is 3.09. The maximum Gasteiger partial charge on any atom is 0.0406 e. The molecule has 2 aliphatic rings. The molecule has 4 rings (SSSR count). The van der Waals surface area contributed by atoms with E-state index in [0.717, 1.165) is 17.5 Å². The Labute approximate surface area is 135 Å². The highest BCUT2D eigenvalue weighted by molar-refractivity contribution is 7.12. The quantitative estimate of drug-likeness (QED) is 0.806. The third-order valence-corrected chi connectivity index (χ3v) is 6.11. The van der Waals surface area contributed by atoms with Crippen LogP contribution in [0.25, 0.3) is 0 Å². The van der Waals surface area contributed by atoms with E-state index >= 15 is 0 Å². The number of rotatable bonds is 5. The summed E-state index contributed by atoms with van der Waals surface area (Å²) in [4.78, 5) is 3.13. The van der Waals surface area contributed by atoms with Gasteiger partial charge in [0.25, 0.3) is 0 Å². The molecule has 2 aliphatic carbocycles. The Balaban J connectivity index is 1.46. The second kappa shape index (κ2) is 5.75. The van der Waals surface area contributed by atoms with E-state index in [0.29, 0.717) is 6.04 Å². The summed E-state index contributed by atoms with van der Waals surface area (Å²) in [5.74, 6) is 0.804. The zero-order valence-corrected chi connectivity index (χ0v) is 13.6. The van der Waals surface area contributed by atoms with Crippen LogP contribution in [0.5, 0.6) is 0 Å². The van der Waals surface area contributed by atoms with Gasteiger partial charge in [-0.2, -0.15) is 0 Å². The Morgan fingerprint density at radius 1 is 1.19 bits per heavy atom. The van der Waals surface area contributed by atoms with Gasteiger partial charge in [-0.3, -0.25) is 0 Å². The topological polar surface area (TPSA) is 12.0 Å². The minimum absolute atomic E-state index is 0.485. The fourth-order valence-corrected chi connectivity index (χ4v) is 4.68. The van der Waals surface area contributed by atoms with Crippen molar-refractivity contribution < 1.29 is 0 Å². The highest BCUT2D eigenvalue weighted by atomic mass is 35.5. The SMILES string of the molecule is Clc1ccc(C(NCc2cc3c(s2)CCC3)C2CC2)cc1. The van der Waals surface area contributed by atoms with Gasteiger partial charge >= 0.3 is 0 Å². The van der Waals surface area contributed by atoms with Crippen LogP contribution < -0.4 is 5.32 Å². The maximum atomic E-state index is 6.01. The molecule has 1 unspecified atom stereocenters. The predicted octanol–water partition coefficient (Wildman–Crippen LogP) is 5.13. The molecule has 0 saturated heterocycles. The molecule has 21 heavy (non-hydrogen) atoms. The number of fused-ring (bicyclic) bond motifs is 1. The standard InChI is InChI=1S/C18H20ClNS/c19-15-8-6-13(7-9-15)18(12-4-5-12)20-11-16-10-14-2-1-3-17(14)21-16/h6-10,12,18,20H,1-5,11H2. The fourth-order valence-electron chi connectivity index (χ4n) is 3.34. The lowest BCUT2D eigenvalue weighted by molar-refractivity contribution is 0.482. The molecule has 1 nitrogen and oxygen atoms in total. The molecule has 1 aromatic heterocycles. The van der Waals surface area contributed by atoms with E-state index in [-0.39, 0.29) is 0 Å². The summed E-state index contributed by atoms with van der Waals surface area (Å²) in [6.45, 7) is 1.00. The Bertz CT molecular complexity index is 606. The van der Waals surface area contributed by atoms with Crippen molar-refractivity contribution >= 4 is 22.9 Å². The van der Waals surface area contributed by atoms with E-state index in [4.69, 9.17) is 11.6 Å². The summed E-state index contributed by atoms with van der Waals surface area (Å²) in [6, 6.07) is 11.3. The summed E-state index contributed by atoms with van der Waals surface area (Å²) in [6.07, 6.45) is 6.63. The molecule has 2 aromatic rings. The van der Waals surface area contributed by atoms with Gasteiger partial charge in [-0.05, 0) is 67.3 Å². The van der Waals surface area contributed by atoms with E-state index in [1.807, 2.05) is 23.5 Å². The predicted molar refractivity (Wildman–Crippen MR) is 90.1 cm³/mol. The van der Waals surface area contributed by atoms with Crippen molar-refractivity contribution in [2.45, 2.75) is 44.7 Å². The van der Waals surface area contributed by atoms with Gasteiger partial charge in [-0.25, -0.2) is 0 Å². The Hall–Kier alpha value is -0.830. The highest BCUT2D eigenvalue weighted by Gasteiger charge is 2.32. The van der Waals surface area contributed by atoms with Crippen LogP contribution in [0.4, 0.5) is 0 Å². The first-order valence-corrected chi connectivity index (χ1v) is 9.08. The van der Waals surface area contributed by atoms with E-state index in [1.165, 1.54) is 42.5 Å². The lowest BCUT2D eigenvalue weighted by Gasteiger charge is -2.18. The molecular formula is C18H20ClNS. The summed E-state index contributed by atoms with van der Waals surface area (Å²) >= 11 is 8.02. The van der Waals surface area contributed by atoms with E-state index < -0.39 is 0 Å². The zero-order valence-electron chi connectivity index (χ0n) is 12.1. The zero-order chi connectivity index (χ0) is 14.2. The van der Waals surface area contributed by atoms with Gasteiger partial charge in [0.15, 0.2) is 0 Å². The van der Waals surface area contributed by atoms with Crippen molar-refractivity contribution in [1.82, 2.24) is 5.32 Å². The molecule has 3 heteroatoms. The summed E-state index contributed by atoms with van der Waals surface area (Å²) < 4.78 is 0. The number of benzene rings is 1. The summed E-state index contributed by atoms with van der Waals surface area (Å²) in [7, 11) is 0. The van der Waals surface area contributed by atoms with Gasteiger partial charge in [0.05, 0.1) is 0 Å². The van der Waals surface area contributed by atoms with E-state index in [9.17, 15) is 0 Å². The van der Waals surface area contributed by atoms with Crippen molar-refractivity contribution in [1.29, 1.82) is 0 Å². The maximum absolute atomic E-state index is 6.01.